The molecule has 1 N–H and O–H groups in total. The van der Waals surface area contributed by atoms with Crippen LogP contribution in [0.5, 0.6) is 0 Å². The molecule has 0 aromatic rings. The van der Waals surface area contributed by atoms with Gasteiger partial charge in [-0.15, -0.1) is 6.58 Å². The highest BCUT2D eigenvalue weighted by Gasteiger charge is 2.27. The summed E-state index contributed by atoms with van der Waals surface area (Å²) in [4.78, 5) is 9.48. The van der Waals surface area contributed by atoms with Crippen LogP contribution in [0, 0.1) is 5.92 Å². The van der Waals surface area contributed by atoms with Crippen LogP contribution >= 0.6 is 7.60 Å². The predicted octanol–water partition coefficient (Wildman–Crippen LogP) is 3.34. The first-order valence-electron chi connectivity index (χ1n) is 5.66. The van der Waals surface area contributed by atoms with Gasteiger partial charge in [0.25, 0.3) is 0 Å². The lowest BCUT2D eigenvalue weighted by atomic mass is 9.86. The van der Waals surface area contributed by atoms with E-state index in [0.717, 1.165) is 12.8 Å². The Bertz CT molecular complexity index is 246. The van der Waals surface area contributed by atoms with Gasteiger partial charge in [-0.3, -0.25) is 4.57 Å². The van der Waals surface area contributed by atoms with Gasteiger partial charge in [0, 0.05) is 0 Å². The van der Waals surface area contributed by atoms with Gasteiger partial charge in [-0.1, -0.05) is 25.3 Å². The third kappa shape index (κ3) is 4.50. The summed E-state index contributed by atoms with van der Waals surface area (Å²) in [5.74, 6) is 0.448. The van der Waals surface area contributed by atoms with Crippen LogP contribution in [-0.4, -0.2) is 17.2 Å². The molecule has 2 atom stereocenters. The average molecular weight is 232 g/mol. The molecule has 0 bridgehead atoms. The molecule has 0 aromatic heterocycles. The van der Waals surface area contributed by atoms with Crippen molar-refractivity contribution in [2.75, 3.05) is 6.16 Å². The van der Waals surface area contributed by atoms with E-state index in [2.05, 4.69) is 6.58 Å². The summed E-state index contributed by atoms with van der Waals surface area (Å²) in [6, 6.07) is 0. The van der Waals surface area contributed by atoms with Crippen LogP contribution < -0.4 is 0 Å². The molecule has 0 radical (unpaired) electrons. The molecule has 2 unspecified atom stereocenters. The minimum absolute atomic E-state index is 0.0457. The lowest BCUT2D eigenvalue weighted by Crippen LogP contribution is -2.22. The fourth-order valence-electron chi connectivity index (χ4n) is 2.16. The predicted molar refractivity (Wildman–Crippen MR) is 62.0 cm³/mol. The van der Waals surface area contributed by atoms with Crippen molar-refractivity contribution in [2.24, 2.45) is 5.92 Å². The molecule has 0 heterocycles. The number of hydrogen-bond donors (Lipinski definition) is 1. The van der Waals surface area contributed by atoms with Crippen molar-refractivity contribution < 1.29 is 14.0 Å². The van der Waals surface area contributed by atoms with Crippen molar-refractivity contribution in [3.63, 3.8) is 0 Å². The maximum atomic E-state index is 11.5. The Kier molecular flexibility index (Phi) is 5.04. The van der Waals surface area contributed by atoms with E-state index in [1.807, 2.05) is 6.92 Å². The second-order valence-electron chi connectivity index (χ2n) is 4.32. The van der Waals surface area contributed by atoms with Gasteiger partial charge in [-0.25, -0.2) is 0 Å². The van der Waals surface area contributed by atoms with Crippen LogP contribution in [0.3, 0.4) is 0 Å². The van der Waals surface area contributed by atoms with Crippen molar-refractivity contribution in [2.45, 2.75) is 45.1 Å². The smallest absolute Gasteiger partial charge is 0.324 e. The standard InChI is InChI=1S/C11H21O3P/c1-3-9-15(12,13)14-10(2)11-7-5-4-6-8-11/h3,10-11H,1,4-9H2,2H3,(H,12,13). The van der Waals surface area contributed by atoms with E-state index in [1.165, 1.54) is 25.3 Å². The minimum Gasteiger partial charge on any atom is -0.324 e. The Morgan fingerprint density at radius 2 is 2.13 bits per heavy atom. The zero-order chi connectivity index (χ0) is 11.3. The van der Waals surface area contributed by atoms with Crippen molar-refractivity contribution in [3.05, 3.63) is 12.7 Å². The normalized spacial score (nSPS) is 24.4. The Hall–Kier alpha value is -0.110. The Morgan fingerprint density at radius 1 is 1.53 bits per heavy atom. The van der Waals surface area contributed by atoms with Crippen LogP contribution in [0.4, 0.5) is 0 Å². The molecule has 3 nitrogen and oxygen atoms in total. The molecule has 1 saturated carbocycles. The molecule has 0 amide bonds. The molecule has 0 aromatic carbocycles. The molecular weight excluding hydrogens is 211 g/mol. The van der Waals surface area contributed by atoms with Crippen LogP contribution in [0.25, 0.3) is 0 Å². The molecule has 0 aliphatic heterocycles. The first-order chi connectivity index (χ1) is 7.05. The van der Waals surface area contributed by atoms with Gasteiger partial charge < -0.3 is 9.42 Å². The summed E-state index contributed by atoms with van der Waals surface area (Å²) in [5, 5.41) is 0. The van der Waals surface area contributed by atoms with E-state index in [-0.39, 0.29) is 12.3 Å². The van der Waals surface area contributed by atoms with E-state index in [1.54, 1.807) is 0 Å². The molecule has 4 heteroatoms. The maximum Gasteiger partial charge on any atom is 0.332 e. The SMILES string of the molecule is C=CCP(=O)(O)OC(C)C1CCCCC1. The quantitative estimate of drug-likeness (QED) is 0.584. The average Bonchev–Trinajstić information content (AvgIpc) is 2.18. The Balaban J connectivity index is 2.42. The number of hydrogen-bond acceptors (Lipinski definition) is 2. The van der Waals surface area contributed by atoms with E-state index in [9.17, 15) is 9.46 Å². The van der Waals surface area contributed by atoms with Crippen molar-refractivity contribution in [1.29, 1.82) is 0 Å². The Morgan fingerprint density at radius 3 is 2.67 bits per heavy atom. The summed E-state index contributed by atoms with van der Waals surface area (Å²) < 4.78 is 16.8. The summed E-state index contributed by atoms with van der Waals surface area (Å²) in [5.41, 5.74) is 0. The third-order valence-electron chi connectivity index (χ3n) is 3.00. The zero-order valence-electron chi connectivity index (χ0n) is 9.39. The molecule has 15 heavy (non-hydrogen) atoms. The summed E-state index contributed by atoms with van der Waals surface area (Å²) in [6.45, 7) is 5.36. The lowest BCUT2D eigenvalue weighted by molar-refractivity contribution is 0.109. The van der Waals surface area contributed by atoms with Gasteiger partial charge in [0.15, 0.2) is 0 Å². The van der Waals surface area contributed by atoms with E-state index >= 15 is 0 Å². The monoisotopic (exact) mass is 232 g/mol. The van der Waals surface area contributed by atoms with Gasteiger partial charge in [0.05, 0.1) is 12.3 Å². The zero-order valence-corrected chi connectivity index (χ0v) is 10.3. The Labute approximate surface area is 92.1 Å². The lowest BCUT2D eigenvalue weighted by Gasteiger charge is -2.28. The van der Waals surface area contributed by atoms with Gasteiger partial charge >= 0.3 is 7.60 Å². The molecular formula is C11H21O3P. The summed E-state index contributed by atoms with van der Waals surface area (Å²) in [6.07, 6.45) is 7.34. The number of allylic oxidation sites excluding steroid dienone is 1. The van der Waals surface area contributed by atoms with Crippen LogP contribution in [0.1, 0.15) is 39.0 Å². The van der Waals surface area contributed by atoms with Crippen LogP contribution in [-0.2, 0) is 9.09 Å². The van der Waals surface area contributed by atoms with Crippen molar-refractivity contribution in [3.8, 4) is 0 Å². The molecule has 88 valence electrons. The van der Waals surface area contributed by atoms with Gasteiger partial charge in [-0.05, 0) is 25.7 Å². The topological polar surface area (TPSA) is 46.5 Å². The summed E-state index contributed by atoms with van der Waals surface area (Å²) in [7, 11) is -3.43. The third-order valence-corrected chi connectivity index (χ3v) is 4.39. The van der Waals surface area contributed by atoms with Crippen molar-refractivity contribution >= 4 is 7.60 Å². The maximum absolute atomic E-state index is 11.5. The second kappa shape index (κ2) is 5.83. The first kappa shape index (κ1) is 13.0. The fraction of sp³-hybridized carbons (Fsp3) is 0.818. The van der Waals surface area contributed by atoms with E-state index in [4.69, 9.17) is 4.52 Å². The van der Waals surface area contributed by atoms with Gasteiger partial charge in [0.2, 0.25) is 0 Å². The molecule has 0 saturated heterocycles. The van der Waals surface area contributed by atoms with Crippen LogP contribution in [0.2, 0.25) is 0 Å². The van der Waals surface area contributed by atoms with Crippen molar-refractivity contribution in [1.82, 2.24) is 0 Å². The van der Waals surface area contributed by atoms with E-state index < -0.39 is 7.60 Å². The molecule has 1 rings (SSSR count). The highest BCUT2D eigenvalue weighted by Crippen LogP contribution is 2.45. The largest absolute Gasteiger partial charge is 0.332 e. The molecule has 1 aliphatic carbocycles. The van der Waals surface area contributed by atoms with Gasteiger partial charge in [0.1, 0.15) is 0 Å². The highest BCUT2D eigenvalue weighted by atomic mass is 31.2. The molecule has 1 fully saturated rings. The molecule has 0 spiro atoms. The first-order valence-corrected chi connectivity index (χ1v) is 7.42. The number of rotatable bonds is 5. The highest BCUT2D eigenvalue weighted by molar-refractivity contribution is 7.53. The van der Waals surface area contributed by atoms with Crippen LogP contribution in [0.15, 0.2) is 12.7 Å². The molecule has 1 aliphatic rings. The second-order valence-corrected chi connectivity index (χ2v) is 6.17. The van der Waals surface area contributed by atoms with E-state index in [0.29, 0.717) is 5.92 Å². The summed E-state index contributed by atoms with van der Waals surface area (Å²) >= 11 is 0. The van der Waals surface area contributed by atoms with Gasteiger partial charge in [-0.2, -0.15) is 0 Å². The fourth-order valence-corrected chi connectivity index (χ4v) is 3.26. The minimum atomic E-state index is -3.43.